The van der Waals surface area contributed by atoms with E-state index in [0.29, 0.717) is 13.0 Å². The summed E-state index contributed by atoms with van der Waals surface area (Å²) in [5, 5.41) is 11.1. The van der Waals surface area contributed by atoms with E-state index in [4.69, 9.17) is 14.2 Å². The first-order chi connectivity index (χ1) is 21.2. The first-order valence-corrected chi connectivity index (χ1v) is 15.6. The molecule has 0 aliphatic carbocycles. The average molecular weight is 631 g/mol. The van der Waals surface area contributed by atoms with Crippen molar-refractivity contribution in [2.45, 2.75) is 104 Å². The van der Waals surface area contributed by atoms with Crippen LogP contribution in [0.4, 0.5) is 4.79 Å². The summed E-state index contributed by atoms with van der Waals surface area (Å²) in [4.78, 5) is 64.4. The number of esters is 1. The maximum atomic E-state index is 13.7. The van der Waals surface area contributed by atoms with Gasteiger partial charge in [-0.25, -0.2) is 9.59 Å². The summed E-state index contributed by atoms with van der Waals surface area (Å²) in [7, 11) is 0. The lowest BCUT2D eigenvalue weighted by Gasteiger charge is -2.32. The van der Waals surface area contributed by atoms with Crippen molar-refractivity contribution in [3.8, 4) is 0 Å². The number of rotatable bonds is 16. The van der Waals surface area contributed by atoms with Gasteiger partial charge in [-0.1, -0.05) is 50.3 Å². The molecule has 0 aromatic heterocycles. The van der Waals surface area contributed by atoms with Crippen molar-refractivity contribution in [2.75, 3.05) is 13.2 Å². The predicted molar refractivity (Wildman–Crippen MR) is 169 cm³/mol. The van der Waals surface area contributed by atoms with E-state index in [9.17, 15) is 24.0 Å². The van der Waals surface area contributed by atoms with Crippen LogP contribution in [-0.4, -0.2) is 72.8 Å². The summed E-state index contributed by atoms with van der Waals surface area (Å²) < 4.78 is 16.3. The highest BCUT2D eigenvalue weighted by Crippen LogP contribution is 2.18. The summed E-state index contributed by atoms with van der Waals surface area (Å²) in [6.07, 6.45) is 2.29. The Labute approximate surface area is 266 Å². The standard InChI is InChI=1S/C33H50N4O8/c1-8-43-27(38)15-14-25(19-24-16-17-34-29(24)39)35-30(40)26(18-21(2)3)36-31(41)28(22(4)45-33(5,6)7)37-32(42)44-20-23-12-10-9-11-13-23/h9-15,21-22,24-26,28H,8,16-20H2,1-7H3,(H,34,39)(H,35,40)(H,36,41)(H,37,42)/b15-14+/t22?,24?,25-,26+,28+/m1/s1. The smallest absolute Gasteiger partial charge is 0.408 e. The minimum atomic E-state index is -1.18. The Morgan fingerprint density at radius 1 is 1.00 bits per heavy atom. The second-order valence-corrected chi connectivity index (χ2v) is 12.5. The van der Waals surface area contributed by atoms with E-state index in [-0.39, 0.29) is 43.8 Å². The average Bonchev–Trinajstić information content (AvgIpc) is 3.36. The molecular weight excluding hydrogens is 580 g/mol. The van der Waals surface area contributed by atoms with E-state index in [2.05, 4.69) is 21.3 Å². The number of amides is 4. The van der Waals surface area contributed by atoms with Crippen molar-refractivity contribution in [1.29, 1.82) is 0 Å². The van der Waals surface area contributed by atoms with E-state index < -0.39 is 53.7 Å². The molecule has 0 radical (unpaired) electrons. The molecule has 45 heavy (non-hydrogen) atoms. The fourth-order valence-corrected chi connectivity index (χ4v) is 4.91. The largest absolute Gasteiger partial charge is 0.463 e. The van der Waals surface area contributed by atoms with Crippen LogP contribution in [0.5, 0.6) is 0 Å². The van der Waals surface area contributed by atoms with Gasteiger partial charge in [0.05, 0.1) is 18.3 Å². The maximum Gasteiger partial charge on any atom is 0.408 e. The first-order valence-electron chi connectivity index (χ1n) is 15.6. The molecule has 1 fully saturated rings. The van der Waals surface area contributed by atoms with Crippen LogP contribution in [0.3, 0.4) is 0 Å². The van der Waals surface area contributed by atoms with Crippen LogP contribution >= 0.6 is 0 Å². The van der Waals surface area contributed by atoms with Gasteiger partial charge in [-0.3, -0.25) is 14.4 Å². The summed E-state index contributed by atoms with van der Waals surface area (Å²) >= 11 is 0. The van der Waals surface area contributed by atoms with Gasteiger partial charge < -0.3 is 35.5 Å². The molecule has 4 N–H and O–H groups in total. The van der Waals surface area contributed by atoms with E-state index in [1.54, 1.807) is 13.8 Å². The zero-order valence-corrected chi connectivity index (χ0v) is 27.5. The van der Waals surface area contributed by atoms with Crippen LogP contribution < -0.4 is 21.3 Å². The quantitative estimate of drug-likeness (QED) is 0.160. The first kappa shape index (κ1) is 37.3. The van der Waals surface area contributed by atoms with E-state index in [0.717, 1.165) is 5.56 Å². The zero-order valence-electron chi connectivity index (χ0n) is 27.5. The van der Waals surface area contributed by atoms with E-state index in [1.807, 2.05) is 65.0 Å². The van der Waals surface area contributed by atoms with Crippen LogP contribution in [0.15, 0.2) is 42.5 Å². The molecule has 1 aliphatic rings. The molecule has 0 spiro atoms. The lowest BCUT2D eigenvalue weighted by Crippen LogP contribution is -2.59. The number of benzene rings is 1. The molecule has 1 aromatic carbocycles. The second-order valence-electron chi connectivity index (χ2n) is 12.5. The molecule has 250 valence electrons. The van der Waals surface area contributed by atoms with Crippen molar-refractivity contribution < 1.29 is 38.2 Å². The fraction of sp³-hybridized carbons (Fsp3) is 0.606. The third-order valence-corrected chi connectivity index (χ3v) is 6.90. The topological polar surface area (TPSA) is 161 Å². The number of carbonyl (C=O) groups excluding carboxylic acids is 5. The molecule has 1 aromatic rings. The highest BCUT2D eigenvalue weighted by atomic mass is 16.6. The SMILES string of the molecule is CCOC(=O)/C=C/[C@H](CC1CCNC1=O)NC(=O)[C@H](CC(C)C)NC(=O)[C@@H](NC(=O)OCc1ccccc1)C(C)OC(C)(C)C. The molecule has 0 bridgehead atoms. The third-order valence-electron chi connectivity index (χ3n) is 6.90. The Balaban J connectivity index is 2.22. The number of nitrogens with one attached hydrogen (secondary N) is 4. The lowest BCUT2D eigenvalue weighted by atomic mass is 9.96. The fourth-order valence-electron chi connectivity index (χ4n) is 4.91. The van der Waals surface area contributed by atoms with Gasteiger partial charge in [0, 0.05) is 24.6 Å². The highest BCUT2D eigenvalue weighted by Gasteiger charge is 2.35. The predicted octanol–water partition coefficient (Wildman–Crippen LogP) is 3.15. The molecule has 1 heterocycles. The molecule has 12 heteroatoms. The van der Waals surface area contributed by atoms with Crippen LogP contribution in [-0.2, 0) is 40.0 Å². The molecule has 5 atom stereocenters. The van der Waals surface area contributed by atoms with Crippen molar-refractivity contribution in [3.63, 3.8) is 0 Å². The number of carbonyl (C=O) groups is 5. The van der Waals surface area contributed by atoms with Crippen LogP contribution in [0.25, 0.3) is 0 Å². The molecule has 12 nitrogen and oxygen atoms in total. The van der Waals surface area contributed by atoms with Gasteiger partial charge in [-0.05, 0) is 65.4 Å². The molecule has 1 saturated heterocycles. The molecule has 2 rings (SSSR count). The van der Waals surface area contributed by atoms with Gasteiger partial charge in [0.25, 0.3) is 0 Å². The number of hydrogen-bond acceptors (Lipinski definition) is 8. The Morgan fingerprint density at radius 3 is 2.27 bits per heavy atom. The summed E-state index contributed by atoms with van der Waals surface area (Å²) in [6, 6.07) is 6.28. The van der Waals surface area contributed by atoms with Gasteiger partial charge >= 0.3 is 12.1 Å². The van der Waals surface area contributed by atoms with Gasteiger partial charge in [0.15, 0.2) is 0 Å². The van der Waals surface area contributed by atoms with E-state index in [1.165, 1.54) is 12.2 Å². The molecule has 0 saturated carbocycles. The maximum absolute atomic E-state index is 13.7. The minimum absolute atomic E-state index is 0.00756. The van der Waals surface area contributed by atoms with Crippen molar-refractivity contribution >= 4 is 29.8 Å². The Hall–Kier alpha value is -3.93. The number of hydrogen-bond donors (Lipinski definition) is 4. The number of ether oxygens (including phenoxy) is 3. The van der Waals surface area contributed by atoms with Crippen LogP contribution in [0.2, 0.25) is 0 Å². The van der Waals surface area contributed by atoms with Crippen LogP contribution in [0, 0.1) is 11.8 Å². The van der Waals surface area contributed by atoms with Gasteiger partial charge in [-0.15, -0.1) is 0 Å². The molecule has 4 amide bonds. The summed E-state index contributed by atoms with van der Waals surface area (Å²) in [5.41, 5.74) is 0.149. The third kappa shape index (κ3) is 14.1. The summed E-state index contributed by atoms with van der Waals surface area (Å²) in [5.74, 6) is -2.14. The van der Waals surface area contributed by atoms with Crippen molar-refractivity contribution in [3.05, 3.63) is 48.0 Å². The molecule has 1 aliphatic heterocycles. The Bertz CT molecular complexity index is 1160. The lowest BCUT2D eigenvalue weighted by molar-refractivity contribution is -0.137. The van der Waals surface area contributed by atoms with Gasteiger partial charge in [-0.2, -0.15) is 0 Å². The second kappa shape index (κ2) is 18.1. The Kier molecular flexibility index (Phi) is 15.0. The minimum Gasteiger partial charge on any atom is -0.463 e. The monoisotopic (exact) mass is 630 g/mol. The van der Waals surface area contributed by atoms with Crippen molar-refractivity contribution in [1.82, 2.24) is 21.3 Å². The van der Waals surface area contributed by atoms with Gasteiger partial charge in [0.2, 0.25) is 17.7 Å². The molecular formula is C33H50N4O8. The van der Waals surface area contributed by atoms with Crippen LogP contribution in [0.1, 0.15) is 73.3 Å². The van der Waals surface area contributed by atoms with E-state index >= 15 is 0 Å². The zero-order chi connectivity index (χ0) is 33.6. The summed E-state index contributed by atoms with van der Waals surface area (Å²) in [6.45, 7) is 13.4. The van der Waals surface area contributed by atoms with Crippen molar-refractivity contribution in [2.24, 2.45) is 11.8 Å². The Morgan fingerprint density at radius 2 is 1.69 bits per heavy atom. The van der Waals surface area contributed by atoms with Gasteiger partial charge in [0.1, 0.15) is 18.7 Å². The normalized spacial score (nSPS) is 17.6. The highest BCUT2D eigenvalue weighted by molar-refractivity contribution is 5.92. The molecule has 2 unspecified atom stereocenters. The number of alkyl carbamates (subject to hydrolysis) is 1.